The maximum Gasteiger partial charge on any atom is 0.0431 e. The second kappa shape index (κ2) is 14.4. The van der Waals surface area contributed by atoms with E-state index < -0.39 is 0 Å². The second-order valence-electron chi connectivity index (χ2n) is 6.56. The quantitative estimate of drug-likeness (QED) is 0.369. The van der Waals surface area contributed by atoms with Gasteiger partial charge in [-0.15, -0.1) is 11.8 Å². The topological polar surface area (TPSA) is 20.2 Å². The van der Waals surface area contributed by atoms with Gasteiger partial charge in [-0.2, -0.15) is 0 Å². The van der Waals surface area contributed by atoms with Crippen molar-refractivity contribution in [1.29, 1.82) is 0 Å². The van der Waals surface area contributed by atoms with Gasteiger partial charge < -0.3 is 5.11 Å². The van der Waals surface area contributed by atoms with Crippen molar-refractivity contribution in [2.75, 3.05) is 12.4 Å². The van der Waals surface area contributed by atoms with E-state index in [1.807, 2.05) is 11.8 Å². The zero-order valence-electron chi connectivity index (χ0n) is 14.6. The summed E-state index contributed by atoms with van der Waals surface area (Å²) in [4.78, 5) is 0. The molecule has 128 valence electrons. The van der Waals surface area contributed by atoms with Crippen LogP contribution >= 0.6 is 11.8 Å². The van der Waals surface area contributed by atoms with Crippen molar-refractivity contribution >= 4 is 11.8 Å². The highest BCUT2D eigenvalue weighted by Crippen LogP contribution is 2.30. The Labute approximate surface area is 142 Å². The molecule has 0 aromatic carbocycles. The Hall–Kier alpha value is -0.210. The van der Waals surface area contributed by atoms with Crippen LogP contribution in [0.2, 0.25) is 0 Å². The fraction of sp³-hybridized carbons (Fsp3) is 0.800. The number of unbranched alkanes of at least 4 members (excludes halogenated alkanes) is 8. The zero-order chi connectivity index (χ0) is 15.9. The average molecular weight is 325 g/mol. The van der Waals surface area contributed by atoms with Gasteiger partial charge in [0.25, 0.3) is 0 Å². The Morgan fingerprint density at radius 2 is 1.59 bits per heavy atom. The molecule has 1 aliphatic rings. The molecular formula is C20H36OS. The van der Waals surface area contributed by atoms with Gasteiger partial charge in [0.15, 0.2) is 0 Å². The molecule has 0 aliphatic carbocycles. The molecule has 2 heteroatoms. The summed E-state index contributed by atoms with van der Waals surface area (Å²) in [6, 6.07) is 0. The number of hydrogen-bond donors (Lipinski definition) is 1. The van der Waals surface area contributed by atoms with Gasteiger partial charge in [-0.3, -0.25) is 0 Å². The third kappa shape index (κ3) is 9.74. The van der Waals surface area contributed by atoms with E-state index in [-0.39, 0.29) is 0 Å². The van der Waals surface area contributed by atoms with Crippen LogP contribution in [0.3, 0.4) is 0 Å². The molecule has 1 aliphatic heterocycles. The summed E-state index contributed by atoms with van der Waals surface area (Å²) < 4.78 is 0. The number of aliphatic hydroxyl groups is 1. The van der Waals surface area contributed by atoms with Gasteiger partial charge in [-0.25, -0.2) is 0 Å². The van der Waals surface area contributed by atoms with E-state index in [9.17, 15) is 0 Å². The van der Waals surface area contributed by atoms with E-state index in [1.165, 1.54) is 76.4 Å². The summed E-state index contributed by atoms with van der Waals surface area (Å²) in [6.07, 6.45) is 20.5. The van der Waals surface area contributed by atoms with Crippen LogP contribution in [-0.4, -0.2) is 17.5 Å². The van der Waals surface area contributed by atoms with Gasteiger partial charge in [0, 0.05) is 12.4 Å². The standard InChI is InChI=1S/C20H36OS/c1-2-3-4-5-6-7-8-9-13-19(14-10-11-16-21)20-15-12-17-22-18-20/h12,15,17,19,21H,2-11,13-14,16,18H2,1H3. The van der Waals surface area contributed by atoms with E-state index in [0.29, 0.717) is 6.61 Å². The van der Waals surface area contributed by atoms with Crippen molar-refractivity contribution in [2.24, 2.45) is 5.92 Å². The van der Waals surface area contributed by atoms with E-state index in [2.05, 4.69) is 24.5 Å². The Morgan fingerprint density at radius 3 is 2.18 bits per heavy atom. The lowest BCUT2D eigenvalue weighted by molar-refractivity contribution is 0.278. The molecule has 0 aromatic rings. The number of rotatable bonds is 14. The molecule has 0 amide bonds. The lowest BCUT2D eigenvalue weighted by Crippen LogP contribution is -2.08. The van der Waals surface area contributed by atoms with E-state index in [4.69, 9.17) is 5.11 Å². The first-order valence-electron chi connectivity index (χ1n) is 9.46. The molecular weight excluding hydrogens is 288 g/mol. The minimum atomic E-state index is 0.345. The van der Waals surface area contributed by atoms with Crippen LogP contribution in [0.5, 0.6) is 0 Å². The summed E-state index contributed by atoms with van der Waals surface area (Å²) in [5.41, 5.74) is 1.63. The lowest BCUT2D eigenvalue weighted by Gasteiger charge is -2.21. The monoisotopic (exact) mass is 324 g/mol. The second-order valence-corrected chi connectivity index (χ2v) is 7.46. The molecule has 0 fully saturated rings. The predicted octanol–water partition coefficient (Wildman–Crippen LogP) is 6.48. The molecule has 0 saturated carbocycles. The smallest absolute Gasteiger partial charge is 0.0431 e. The summed E-state index contributed by atoms with van der Waals surface area (Å²) in [7, 11) is 0. The first kappa shape index (κ1) is 19.8. The highest BCUT2D eigenvalue weighted by atomic mass is 32.2. The minimum absolute atomic E-state index is 0.345. The van der Waals surface area contributed by atoms with E-state index >= 15 is 0 Å². The number of allylic oxidation sites excluding steroid dienone is 2. The number of aliphatic hydroxyl groups excluding tert-OH is 1. The molecule has 0 saturated heterocycles. The van der Waals surface area contributed by atoms with Crippen molar-refractivity contribution in [3.63, 3.8) is 0 Å². The Bertz CT molecular complexity index is 309. The molecule has 0 bridgehead atoms. The third-order valence-corrected chi connectivity index (χ3v) is 5.48. The highest BCUT2D eigenvalue weighted by Gasteiger charge is 2.14. The van der Waals surface area contributed by atoms with Gasteiger partial charge in [-0.05, 0) is 30.6 Å². The molecule has 1 N–H and O–H groups in total. The largest absolute Gasteiger partial charge is 0.396 e. The van der Waals surface area contributed by atoms with Crippen LogP contribution < -0.4 is 0 Å². The molecule has 1 heterocycles. The van der Waals surface area contributed by atoms with Gasteiger partial charge in [0.1, 0.15) is 0 Å². The van der Waals surface area contributed by atoms with Crippen LogP contribution in [0, 0.1) is 5.92 Å². The first-order valence-corrected chi connectivity index (χ1v) is 10.5. The molecule has 22 heavy (non-hydrogen) atoms. The Balaban J connectivity index is 2.17. The fourth-order valence-electron chi connectivity index (χ4n) is 3.21. The predicted molar refractivity (Wildman–Crippen MR) is 101 cm³/mol. The van der Waals surface area contributed by atoms with Crippen molar-refractivity contribution < 1.29 is 5.11 Å². The SMILES string of the molecule is CCCCCCCCCCC(CCCCO)C1=CC=CSC1. The maximum absolute atomic E-state index is 8.99. The van der Waals surface area contributed by atoms with Crippen molar-refractivity contribution in [3.05, 3.63) is 23.1 Å². The van der Waals surface area contributed by atoms with Gasteiger partial charge >= 0.3 is 0 Å². The average Bonchev–Trinajstić information content (AvgIpc) is 2.56. The number of thioether (sulfide) groups is 1. The zero-order valence-corrected chi connectivity index (χ0v) is 15.4. The van der Waals surface area contributed by atoms with E-state index in [0.717, 1.165) is 12.3 Å². The van der Waals surface area contributed by atoms with Crippen molar-refractivity contribution in [2.45, 2.75) is 84.0 Å². The molecule has 0 spiro atoms. The van der Waals surface area contributed by atoms with Crippen molar-refractivity contribution in [1.82, 2.24) is 0 Å². The highest BCUT2D eigenvalue weighted by molar-refractivity contribution is 8.02. The van der Waals surface area contributed by atoms with Gasteiger partial charge in [0.05, 0.1) is 0 Å². The summed E-state index contributed by atoms with van der Waals surface area (Å²) in [6.45, 7) is 2.63. The van der Waals surface area contributed by atoms with Crippen LogP contribution in [-0.2, 0) is 0 Å². The Morgan fingerprint density at radius 1 is 0.955 bits per heavy atom. The summed E-state index contributed by atoms with van der Waals surface area (Å²) in [5, 5.41) is 11.2. The molecule has 1 nitrogen and oxygen atoms in total. The van der Waals surface area contributed by atoms with Gasteiger partial charge in [-0.1, -0.05) is 82.4 Å². The number of hydrogen-bond acceptors (Lipinski definition) is 2. The maximum atomic E-state index is 8.99. The fourth-order valence-corrected chi connectivity index (χ4v) is 4.02. The molecule has 1 rings (SSSR count). The van der Waals surface area contributed by atoms with Crippen LogP contribution in [0.15, 0.2) is 23.1 Å². The summed E-state index contributed by atoms with van der Waals surface area (Å²) >= 11 is 1.93. The van der Waals surface area contributed by atoms with Crippen LogP contribution in [0.25, 0.3) is 0 Å². The van der Waals surface area contributed by atoms with Crippen LogP contribution in [0.4, 0.5) is 0 Å². The van der Waals surface area contributed by atoms with Gasteiger partial charge in [0.2, 0.25) is 0 Å². The van der Waals surface area contributed by atoms with Crippen molar-refractivity contribution in [3.8, 4) is 0 Å². The third-order valence-electron chi connectivity index (χ3n) is 4.63. The molecule has 0 aromatic heterocycles. The molecule has 1 unspecified atom stereocenters. The lowest BCUT2D eigenvalue weighted by atomic mass is 9.88. The van der Waals surface area contributed by atoms with Crippen LogP contribution in [0.1, 0.15) is 84.0 Å². The van der Waals surface area contributed by atoms with E-state index in [1.54, 1.807) is 5.57 Å². The minimum Gasteiger partial charge on any atom is -0.396 e. The molecule has 0 radical (unpaired) electrons. The molecule has 1 atom stereocenters. The Kier molecular flexibility index (Phi) is 13.0. The summed E-state index contributed by atoms with van der Waals surface area (Å²) in [5.74, 6) is 1.93. The normalized spacial score (nSPS) is 15.8. The first-order chi connectivity index (χ1) is 10.9.